The first-order valence-electron chi connectivity index (χ1n) is 5.68. The van der Waals surface area contributed by atoms with E-state index in [2.05, 4.69) is 4.98 Å². The number of benzene rings is 1. The Kier molecular flexibility index (Phi) is 2.65. The zero-order valence-electron chi connectivity index (χ0n) is 10.3. The molecule has 0 aliphatic rings. The number of aliphatic carboxylic acids is 1. The lowest BCUT2D eigenvalue weighted by Gasteiger charge is -2.24. The molecule has 0 bridgehead atoms. The molecule has 1 aromatic carbocycles. The van der Waals surface area contributed by atoms with E-state index in [0.717, 1.165) is 16.9 Å². The van der Waals surface area contributed by atoms with Crippen LogP contribution in [0.15, 0.2) is 24.3 Å². The number of rotatable bonds is 3. The van der Waals surface area contributed by atoms with Crippen molar-refractivity contribution >= 4 is 17.0 Å². The van der Waals surface area contributed by atoms with Gasteiger partial charge < -0.3 is 9.67 Å². The average Bonchev–Trinajstić information content (AvgIpc) is 2.67. The van der Waals surface area contributed by atoms with Gasteiger partial charge in [-0.1, -0.05) is 19.1 Å². The molecule has 0 aliphatic heterocycles. The number of fused-ring (bicyclic) bond motifs is 1. The molecule has 0 saturated carbocycles. The van der Waals surface area contributed by atoms with Crippen LogP contribution in [-0.2, 0) is 16.8 Å². The molecule has 2 rings (SSSR count). The predicted molar refractivity (Wildman–Crippen MR) is 66.1 cm³/mol. The number of aromatic nitrogens is 2. The number of carbonyl (C=O) groups is 1. The maximum Gasteiger partial charge on any atom is 0.329 e. The van der Waals surface area contributed by atoms with E-state index in [1.54, 1.807) is 13.8 Å². The van der Waals surface area contributed by atoms with Gasteiger partial charge in [0.05, 0.1) is 11.0 Å². The predicted octanol–water partition coefficient (Wildman–Crippen LogP) is 2.42. The fraction of sp³-hybridized carbons (Fsp3) is 0.385. The monoisotopic (exact) mass is 232 g/mol. The summed E-state index contributed by atoms with van der Waals surface area (Å²) in [5.41, 5.74) is 0.733. The highest BCUT2D eigenvalue weighted by Gasteiger charge is 2.32. The molecule has 0 atom stereocenters. The van der Waals surface area contributed by atoms with Crippen LogP contribution in [0.2, 0.25) is 0 Å². The molecule has 1 N–H and O–H groups in total. The second kappa shape index (κ2) is 3.87. The molecule has 1 aromatic heterocycles. The highest BCUT2D eigenvalue weighted by molar-refractivity contribution is 5.82. The number of hydrogen-bond donors (Lipinski definition) is 1. The van der Waals surface area contributed by atoms with Gasteiger partial charge in [-0.2, -0.15) is 0 Å². The zero-order chi connectivity index (χ0) is 12.6. The van der Waals surface area contributed by atoms with E-state index in [9.17, 15) is 9.90 Å². The van der Waals surface area contributed by atoms with Crippen LogP contribution >= 0.6 is 0 Å². The van der Waals surface area contributed by atoms with Crippen molar-refractivity contribution in [2.45, 2.75) is 32.7 Å². The summed E-state index contributed by atoms with van der Waals surface area (Å²) in [6.45, 7) is 5.38. The van der Waals surface area contributed by atoms with Gasteiger partial charge >= 0.3 is 5.97 Å². The van der Waals surface area contributed by atoms with E-state index in [-0.39, 0.29) is 0 Å². The van der Waals surface area contributed by atoms with Gasteiger partial charge in [0, 0.05) is 6.42 Å². The average molecular weight is 232 g/mol. The topological polar surface area (TPSA) is 55.1 Å². The smallest absolute Gasteiger partial charge is 0.329 e. The Morgan fingerprint density at radius 3 is 2.65 bits per heavy atom. The van der Waals surface area contributed by atoms with Crippen LogP contribution in [0.5, 0.6) is 0 Å². The van der Waals surface area contributed by atoms with Gasteiger partial charge in [0.1, 0.15) is 11.4 Å². The molecular weight excluding hydrogens is 216 g/mol. The molecule has 1 heterocycles. The lowest BCUT2D eigenvalue weighted by atomic mass is 10.0. The number of carboxylic acids is 1. The number of aryl methyl sites for hydroxylation is 1. The highest BCUT2D eigenvalue weighted by atomic mass is 16.4. The van der Waals surface area contributed by atoms with Crippen LogP contribution in [0.4, 0.5) is 0 Å². The van der Waals surface area contributed by atoms with E-state index in [1.165, 1.54) is 0 Å². The van der Waals surface area contributed by atoms with Gasteiger partial charge in [-0.25, -0.2) is 9.78 Å². The summed E-state index contributed by atoms with van der Waals surface area (Å²) in [4.78, 5) is 15.9. The summed E-state index contributed by atoms with van der Waals surface area (Å²) < 4.78 is 1.81. The summed E-state index contributed by atoms with van der Waals surface area (Å²) >= 11 is 0. The maximum atomic E-state index is 11.4. The lowest BCUT2D eigenvalue weighted by Crippen LogP contribution is -2.36. The van der Waals surface area contributed by atoms with Gasteiger partial charge in [0.15, 0.2) is 0 Å². The molecule has 2 aromatic rings. The Hall–Kier alpha value is -1.84. The fourth-order valence-electron chi connectivity index (χ4n) is 2.03. The molecule has 0 fully saturated rings. The van der Waals surface area contributed by atoms with Gasteiger partial charge in [-0.15, -0.1) is 0 Å². The van der Waals surface area contributed by atoms with Crippen molar-refractivity contribution in [1.82, 2.24) is 9.55 Å². The van der Waals surface area contributed by atoms with E-state index in [1.807, 2.05) is 35.8 Å². The quantitative estimate of drug-likeness (QED) is 0.884. The summed E-state index contributed by atoms with van der Waals surface area (Å²) in [6.07, 6.45) is 0.714. The lowest BCUT2D eigenvalue weighted by molar-refractivity contribution is -0.145. The standard InChI is InChI=1S/C13H16N2O2/c1-4-11-14-9-7-5-6-8-10(9)15(11)13(2,3)12(16)17/h5-8H,4H2,1-3H3,(H,16,17). The minimum Gasteiger partial charge on any atom is -0.480 e. The van der Waals surface area contributed by atoms with E-state index >= 15 is 0 Å². The van der Waals surface area contributed by atoms with E-state index in [0.29, 0.717) is 6.42 Å². The number of carboxylic acid groups (broad SMARTS) is 1. The molecule has 4 heteroatoms. The molecule has 0 unspecified atom stereocenters. The molecule has 0 radical (unpaired) electrons. The minimum atomic E-state index is -0.985. The SMILES string of the molecule is CCc1nc2ccccc2n1C(C)(C)C(=O)O. The van der Waals surface area contributed by atoms with Crippen molar-refractivity contribution < 1.29 is 9.90 Å². The summed E-state index contributed by atoms with van der Waals surface area (Å²) in [5, 5.41) is 9.34. The molecule has 0 spiro atoms. The van der Waals surface area contributed by atoms with Gasteiger partial charge in [0.2, 0.25) is 0 Å². The third-order valence-corrected chi connectivity index (χ3v) is 3.03. The van der Waals surface area contributed by atoms with Crippen molar-refractivity contribution in [1.29, 1.82) is 0 Å². The normalized spacial score (nSPS) is 11.9. The molecular formula is C13H16N2O2. The van der Waals surface area contributed by atoms with Crippen LogP contribution in [0.3, 0.4) is 0 Å². The van der Waals surface area contributed by atoms with Crippen molar-refractivity contribution in [2.24, 2.45) is 0 Å². The number of imidazole rings is 1. The van der Waals surface area contributed by atoms with Crippen LogP contribution in [-0.4, -0.2) is 20.6 Å². The number of para-hydroxylation sites is 2. The Bertz CT molecular complexity index is 570. The third kappa shape index (κ3) is 1.69. The van der Waals surface area contributed by atoms with Crippen LogP contribution in [0, 0.1) is 0 Å². The Labute approximate surface area is 99.9 Å². The van der Waals surface area contributed by atoms with Gasteiger partial charge in [-0.05, 0) is 26.0 Å². The van der Waals surface area contributed by atoms with Crippen LogP contribution < -0.4 is 0 Å². The first kappa shape index (κ1) is 11.6. The zero-order valence-corrected chi connectivity index (χ0v) is 10.3. The second-order valence-corrected chi connectivity index (χ2v) is 4.57. The second-order valence-electron chi connectivity index (χ2n) is 4.57. The van der Waals surface area contributed by atoms with Gasteiger partial charge in [-0.3, -0.25) is 0 Å². The molecule has 90 valence electrons. The van der Waals surface area contributed by atoms with Gasteiger partial charge in [0.25, 0.3) is 0 Å². The molecule has 0 amide bonds. The minimum absolute atomic E-state index is 0.714. The first-order chi connectivity index (χ1) is 7.98. The maximum absolute atomic E-state index is 11.4. The molecule has 0 saturated heterocycles. The highest BCUT2D eigenvalue weighted by Crippen LogP contribution is 2.25. The largest absolute Gasteiger partial charge is 0.480 e. The molecule has 4 nitrogen and oxygen atoms in total. The van der Waals surface area contributed by atoms with Crippen LogP contribution in [0.1, 0.15) is 26.6 Å². The molecule has 0 aliphatic carbocycles. The van der Waals surface area contributed by atoms with E-state index in [4.69, 9.17) is 0 Å². The van der Waals surface area contributed by atoms with Crippen molar-refractivity contribution in [3.05, 3.63) is 30.1 Å². The first-order valence-corrected chi connectivity index (χ1v) is 5.68. The van der Waals surface area contributed by atoms with Crippen LogP contribution in [0.25, 0.3) is 11.0 Å². The summed E-state index contributed by atoms with van der Waals surface area (Å²) in [5.74, 6) is -0.0473. The fourth-order valence-corrected chi connectivity index (χ4v) is 2.03. The van der Waals surface area contributed by atoms with Crippen molar-refractivity contribution in [3.63, 3.8) is 0 Å². The summed E-state index contributed by atoms with van der Waals surface area (Å²) in [6, 6.07) is 7.62. The van der Waals surface area contributed by atoms with E-state index < -0.39 is 11.5 Å². The summed E-state index contributed by atoms with van der Waals surface area (Å²) in [7, 11) is 0. The van der Waals surface area contributed by atoms with Crippen molar-refractivity contribution in [3.8, 4) is 0 Å². The molecule has 17 heavy (non-hydrogen) atoms. The third-order valence-electron chi connectivity index (χ3n) is 3.03. The Morgan fingerprint density at radius 1 is 1.41 bits per heavy atom. The number of nitrogens with zero attached hydrogens (tertiary/aromatic N) is 2. The Morgan fingerprint density at radius 2 is 2.06 bits per heavy atom. The van der Waals surface area contributed by atoms with Crippen molar-refractivity contribution in [2.75, 3.05) is 0 Å². The Balaban J connectivity index is 2.78. The number of hydrogen-bond acceptors (Lipinski definition) is 2.